The Balaban J connectivity index is 1.45. The Bertz CT molecular complexity index is 577. The van der Waals surface area contributed by atoms with Gasteiger partial charge in [0, 0.05) is 18.5 Å². The molecule has 0 spiro atoms. The lowest BCUT2D eigenvalue weighted by Crippen LogP contribution is -2.54. The third-order valence-corrected chi connectivity index (χ3v) is 6.59. The van der Waals surface area contributed by atoms with Crippen molar-refractivity contribution < 1.29 is 9.53 Å². The summed E-state index contributed by atoms with van der Waals surface area (Å²) in [4.78, 5) is 15.4. The molecule has 1 saturated heterocycles. The Kier molecular flexibility index (Phi) is 5.09. The topological polar surface area (TPSA) is 55.6 Å². The predicted molar refractivity (Wildman–Crippen MR) is 98.0 cm³/mol. The van der Waals surface area contributed by atoms with Crippen molar-refractivity contribution in [2.24, 2.45) is 23.5 Å². The minimum atomic E-state index is 0.166. The molecule has 4 heteroatoms. The highest BCUT2D eigenvalue weighted by Crippen LogP contribution is 2.42. The number of fused-ring (bicyclic) bond motifs is 2. The molecule has 25 heavy (non-hydrogen) atoms. The maximum absolute atomic E-state index is 13.3. The molecule has 2 aliphatic carbocycles. The first kappa shape index (κ1) is 17.0. The molecular weight excluding hydrogens is 312 g/mol. The molecule has 1 amide bonds. The van der Waals surface area contributed by atoms with Gasteiger partial charge in [0.2, 0.25) is 5.91 Å². The molecule has 4 nitrogen and oxygen atoms in total. The second-order valence-corrected chi connectivity index (χ2v) is 8.15. The number of rotatable bonds is 3. The molecule has 2 bridgehead atoms. The quantitative estimate of drug-likeness (QED) is 0.919. The summed E-state index contributed by atoms with van der Waals surface area (Å²) in [5, 5.41) is 0. The van der Waals surface area contributed by atoms with Gasteiger partial charge in [-0.25, -0.2) is 0 Å². The molecule has 2 saturated carbocycles. The normalized spacial score (nSPS) is 35.4. The van der Waals surface area contributed by atoms with Crippen LogP contribution in [0, 0.1) is 17.8 Å². The molecule has 0 radical (unpaired) electrons. The lowest BCUT2D eigenvalue weighted by molar-refractivity contribution is -0.147. The maximum Gasteiger partial charge on any atom is 0.226 e. The monoisotopic (exact) mass is 342 g/mol. The molecule has 0 aromatic heterocycles. The zero-order chi connectivity index (χ0) is 17.2. The van der Waals surface area contributed by atoms with Crippen LogP contribution in [0.15, 0.2) is 30.3 Å². The summed E-state index contributed by atoms with van der Waals surface area (Å²) in [6.07, 6.45) is 6.57. The van der Waals surface area contributed by atoms with Crippen LogP contribution in [-0.4, -0.2) is 42.6 Å². The lowest BCUT2D eigenvalue weighted by Gasteiger charge is -2.46. The molecule has 4 rings (SSSR count). The number of ether oxygens (including phenoxy) is 1. The van der Waals surface area contributed by atoms with Crippen molar-refractivity contribution >= 4 is 5.91 Å². The van der Waals surface area contributed by atoms with E-state index in [0.717, 1.165) is 25.8 Å². The molecule has 136 valence electrons. The SMILES string of the molecule is NC1C2CCCC1CC(C(=O)N1CCOCC1Cc1ccccc1)C2. The molecule has 1 heterocycles. The van der Waals surface area contributed by atoms with Gasteiger partial charge in [-0.1, -0.05) is 36.8 Å². The van der Waals surface area contributed by atoms with Crippen LogP contribution in [0.2, 0.25) is 0 Å². The summed E-state index contributed by atoms with van der Waals surface area (Å²) in [6.45, 7) is 2.05. The number of nitrogens with two attached hydrogens (primary N) is 1. The van der Waals surface area contributed by atoms with Crippen LogP contribution in [0.1, 0.15) is 37.7 Å². The number of benzene rings is 1. The van der Waals surface area contributed by atoms with Gasteiger partial charge in [-0.2, -0.15) is 0 Å². The van der Waals surface area contributed by atoms with E-state index in [2.05, 4.69) is 29.2 Å². The minimum Gasteiger partial charge on any atom is -0.377 e. The smallest absolute Gasteiger partial charge is 0.226 e. The number of hydrogen-bond acceptors (Lipinski definition) is 3. The Hall–Kier alpha value is -1.39. The maximum atomic E-state index is 13.3. The van der Waals surface area contributed by atoms with Gasteiger partial charge in [-0.3, -0.25) is 4.79 Å². The van der Waals surface area contributed by atoms with Gasteiger partial charge in [0.1, 0.15) is 0 Å². The van der Waals surface area contributed by atoms with Gasteiger partial charge in [0.25, 0.3) is 0 Å². The first-order valence-corrected chi connectivity index (χ1v) is 9.90. The standard InChI is InChI=1S/C21H30N2O2/c22-20-16-7-4-8-17(20)13-18(12-16)21(24)23-9-10-25-14-19(23)11-15-5-2-1-3-6-15/h1-3,5-6,16-20H,4,7-14,22H2. The zero-order valence-corrected chi connectivity index (χ0v) is 15.0. The summed E-state index contributed by atoms with van der Waals surface area (Å²) in [5.41, 5.74) is 7.69. The van der Waals surface area contributed by atoms with Gasteiger partial charge in [0.05, 0.1) is 19.3 Å². The van der Waals surface area contributed by atoms with Crippen molar-refractivity contribution in [3.8, 4) is 0 Å². The zero-order valence-electron chi connectivity index (χ0n) is 15.0. The number of carbonyl (C=O) groups is 1. The summed E-state index contributed by atoms with van der Waals surface area (Å²) in [5.74, 6) is 1.63. The van der Waals surface area contributed by atoms with Gasteiger partial charge in [0.15, 0.2) is 0 Å². The molecule has 1 aliphatic heterocycles. The van der Waals surface area contributed by atoms with Crippen molar-refractivity contribution in [2.75, 3.05) is 19.8 Å². The van der Waals surface area contributed by atoms with Crippen LogP contribution in [0.5, 0.6) is 0 Å². The average molecular weight is 342 g/mol. The van der Waals surface area contributed by atoms with E-state index < -0.39 is 0 Å². The number of morpholine rings is 1. The molecule has 3 aliphatic rings. The van der Waals surface area contributed by atoms with Gasteiger partial charge >= 0.3 is 0 Å². The van der Waals surface area contributed by atoms with E-state index in [4.69, 9.17) is 10.5 Å². The van der Waals surface area contributed by atoms with Crippen molar-refractivity contribution in [1.82, 2.24) is 4.90 Å². The molecule has 1 aromatic rings. The van der Waals surface area contributed by atoms with Crippen LogP contribution in [0.4, 0.5) is 0 Å². The summed E-state index contributed by atoms with van der Waals surface area (Å²) < 4.78 is 5.70. The minimum absolute atomic E-state index is 0.166. The average Bonchev–Trinajstić information content (AvgIpc) is 2.62. The molecule has 3 unspecified atom stereocenters. The molecule has 3 atom stereocenters. The fraction of sp³-hybridized carbons (Fsp3) is 0.667. The first-order chi connectivity index (χ1) is 12.2. The third-order valence-electron chi connectivity index (χ3n) is 6.59. The van der Waals surface area contributed by atoms with E-state index in [1.807, 2.05) is 6.07 Å². The number of amides is 1. The number of nitrogens with zero attached hydrogens (tertiary/aromatic N) is 1. The van der Waals surface area contributed by atoms with Crippen LogP contribution in [-0.2, 0) is 16.0 Å². The lowest BCUT2D eigenvalue weighted by atomic mass is 9.65. The van der Waals surface area contributed by atoms with Gasteiger partial charge < -0.3 is 15.4 Å². The molecule has 3 fully saturated rings. The molecular formula is C21H30N2O2. The predicted octanol–water partition coefficient (Wildman–Crippen LogP) is 2.61. The van der Waals surface area contributed by atoms with E-state index in [0.29, 0.717) is 37.0 Å². The number of hydrogen-bond donors (Lipinski definition) is 1. The van der Waals surface area contributed by atoms with Gasteiger partial charge in [-0.05, 0) is 49.5 Å². The Morgan fingerprint density at radius 2 is 1.88 bits per heavy atom. The Labute approximate surface area is 150 Å². The second kappa shape index (κ2) is 7.46. The second-order valence-electron chi connectivity index (χ2n) is 8.15. The summed E-state index contributed by atoms with van der Waals surface area (Å²) in [6, 6.07) is 10.9. The van der Waals surface area contributed by atoms with Crippen molar-refractivity contribution in [1.29, 1.82) is 0 Å². The van der Waals surface area contributed by atoms with Crippen LogP contribution >= 0.6 is 0 Å². The highest BCUT2D eigenvalue weighted by atomic mass is 16.5. The van der Waals surface area contributed by atoms with Crippen LogP contribution in [0.25, 0.3) is 0 Å². The largest absolute Gasteiger partial charge is 0.377 e. The van der Waals surface area contributed by atoms with E-state index in [-0.39, 0.29) is 12.0 Å². The number of carbonyl (C=O) groups excluding carboxylic acids is 1. The fourth-order valence-corrected chi connectivity index (χ4v) is 5.23. The van der Waals surface area contributed by atoms with E-state index in [9.17, 15) is 4.79 Å². The van der Waals surface area contributed by atoms with Gasteiger partial charge in [-0.15, -0.1) is 0 Å². The Morgan fingerprint density at radius 1 is 1.16 bits per heavy atom. The fourth-order valence-electron chi connectivity index (χ4n) is 5.23. The summed E-state index contributed by atoms with van der Waals surface area (Å²) in [7, 11) is 0. The molecule has 2 N–H and O–H groups in total. The third kappa shape index (κ3) is 3.61. The summed E-state index contributed by atoms with van der Waals surface area (Å²) >= 11 is 0. The highest BCUT2D eigenvalue weighted by Gasteiger charge is 2.42. The highest BCUT2D eigenvalue weighted by molar-refractivity contribution is 5.79. The van der Waals surface area contributed by atoms with Crippen LogP contribution < -0.4 is 5.73 Å². The van der Waals surface area contributed by atoms with Crippen molar-refractivity contribution in [2.45, 2.75) is 50.6 Å². The van der Waals surface area contributed by atoms with Crippen LogP contribution in [0.3, 0.4) is 0 Å². The van der Waals surface area contributed by atoms with E-state index >= 15 is 0 Å². The first-order valence-electron chi connectivity index (χ1n) is 9.90. The van der Waals surface area contributed by atoms with E-state index in [1.54, 1.807) is 0 Å². The molecule has 1 aromatic carbocycles. The van der Waals surface area contributed by atoms with Crippen molar-refractivity contribution in [3.63, 3.8) is 0 Å². The Morgan fingerprint density at radius 3 is 2.60 bits per heavy atom. The van der Waals surface area contributed by atoms with Crippen molar-refractivity contribution in [3.05, 3.63) is 35.9 Å². The van der Waals surface area contributed by atoms with E-state index in [1.165, 1.54) is 24.8 Å².